The van der Waals surface area contributed by atoms with Gasteiger partial charge in [0.05, 0.1) is 11.0 Å². The fourth-order valence-corrected chi connectivity index (χ4v) is 4.74. The zero-order valence-electron chi connectivity index (χ0n) is 6.56. The monoisotopic (exact) mass is 202 g/mol. The lowest BCUT2D eigenvalue weighted by Crippen LogP contribution is -2.05. The maximum atomic E-state index is 11.5. The highest BCUT2D eigenvalue weighted by molar-refractivity contribution is 7.92. The molecule has 2 rings (SSSR count). The van der Waals surface area contributed by atoms with Crippen molar-refractivity contribution in [1.82, 2.24) is 0 Å². The summed E-state index contributed by atoms with van der Waals surface area (Å²) in [4.78, 5) is 1.01. The molecule has 0 radical (unpaired) electrons. The summed E-state index contributed by atoms with van der Waals surface area (Å²) < 4.78 is 22.9. The van der Waals surface area contributed by atoms with Gasteiger partial charge in [-0.05, 0) is 24.3 Å². The lowest BCUT2D eigenvalue weighted by Gasteiger charge is -2.04. The van der Waals surface area contributed by atoms with E-state index < -0.39 is 9.84 Å². The molecule has 4 heteroatoms. The van der Waals surface area contributed by atoms with Crippen molar-refractivity contribution in [2.24, 2.45) is 0 Å². The average Bonchev–Trinajstić information content (AvgIpc) is 2.55. The predicted molar refractivity (Wildman–Crippen MR) is 50.1 cm³/mol. The molecule has 0 amide bonds. The maximum Gasteiger partial charge on any atom is 0.158 e. The summed E-state index contributed by atoms with van der Waals surface area (Å²) in [5.41, 5.74) is 0. The normalized spacial score (nSPS) is 27.5. The molecule has 1 aliphatic heterocycles. The van der Waals surface area contributed by atoms with E-state index in [2.05, 4.69) is 0 Å². The van der Waals surface area contributed by atoms with Gasteiger partial charge in [0.15, 0.2) is 9.84 Å². The van der Waals surface area contributed by atoms with E-state index in [9.17, 15) is 8.42 Å². The van der Waals surface area contributed by atoms with Gasteiger partial charge in [0.2, 0.25) is 0 Å². The van der Waals surface area contributed by atoms with E-state index in [1.54, 1.807) is 11.3 Å². The fourth-order valence-electron chi connectivity index (χ4n) is 1.59. The van der Waals surface area contributed by atoms with Crippen LogP contribution in [0.4, 0.5) is 0 Å². The molecule has 1 aromatic rings. The van der Waals surface area contributed by atoms with Crippen molar-refractivity contribution in [2.75, 3.05) is 5.75 Å². The third-order valence-corrected chi connectivity index (χ3v) is 5.54. The third-order valence-electron chi connectivity index (χ3n) is 2.19. The van der Waals surface area contributed by atoms with Crippen molar-refractivity contribution in [3.63, 3.8) is 0 Å². The molecule has 2 heterocycles. The van der Waals surface area contributed by atoms with Gasteiger partial charge in [-0.25, -0.2) is 8.42 Å². The Kier molecular flexibility index (Phi) is 1.96. The highest BCUT2D eigenvalue weighted by atomic mass is 32.2. The van der Waals surface area contributed by atoms with Crippen LogP contribution in [0.2, 0.25) is 0 Å². The molecule has 0 bridgehead atoms. The summed E-state index contributed by atoms with van der Waals surface area (Å²) in [6.07, 6.45) is 1.63. The molecule has 1 fully saturated rings. The van der Waals surface area contributed by atoms with Crippen molar-refractivity contribution in [3.8, 4) is 0 Å². The molecule has 0 saturated carbocycles. The van der Waals surface area contributed by atoms with Crippen molar-refractivity contribution >= 4 is 21.2 Å². The number of hydrogen-bond donors (Lipinski definition) is 0. The van der Waals surface area contributed by atoms with Crippen LogP contribution in [-0.2, 0) is 9.84 Å². The van der Waals surface area contributed by atoms with Crippen LogP contribution in [-0.4, -0.2) is 14.2 Å². The Labute approximate surface area is 76.2 Å². The molecule has 0 aromatic carbocycles. The van der Waals surface area contributed by atoms with Crippen LogP contribution >= 0.6 is 11.3 Å². The molecular weight excluding hydrogens is 192 g/mol. The molecule has 0 spiro atoms. The molecule has 66 valence electrons. The maximum absolute atomic E-state index is 11.5. The Morgan fingerprint density at radius 2 is 2.33 bits per heavy atom. The van der Waals surface area contributed by atoms with E-state index in [-0.39, 0.29) is 5.25 Å². The van der Waals surface area contributed by atoms with Crippen LogP contribution in [0.15, 0.2) is 17.5 Å². The minimum atomic E-state index is -2.80. The lowest BCUT2D eigenvalue weighted by molar-refractivity contribution is 0.593. The van der Waals surface area contributed by atoms with Gasteiger partial charge in [0.1, 0.15) is 0 Å². The summed E-state index contributed by atoms with van der Waals surface area (Å²) >= 11 is 1.54. The summed E-state index contributed by atoms with van der Waals surface area (Å²) in [5.74, 6) is 0.371. The Morgan fingerprint density at radius 3 is 2.83 bits per heavy atom. The summed E-state index contributed by atoms with van der Waals surface area (Å²) in [7, 11) is -2.80. The van der Waals surface area contributed by atoms with E-state index in [0.29, 0.717) is 5.75 Å². The molecule has 12 heavy (non-hydrogen) atoms. The highest BCUT2D eigenvalue weighted by Gasteiger charge is 2.32. The first-order valence-electron chi connectivity index (χ1n) is 3.95. The summed E-state index contributed by atoms with van der Waals surface area (Å²) in [6, 6.07) is 3.83. The van der Waals surface area contributed by atoms with Gasteiger partial charge < -0.3 is 0 Å². The Bertz CT molecular complexity index is 350. The van der Waals surface area contributed by atoms with Crippen LogP contribution in [0, 0.1) is 0 Å². The lowest BCUT2D eigenvalue weighted by atomic mass is 10.2. The smallest absolute Gasteiger partial charge is 0.158 e. The molecule has 0 N–H and O–H groups in total. The van der Waals surface area contributed by atoms with Crippen molar-refractivity contribution < 1.29 is 8.42 Å². The molecule has 1 atom stereocenters. The van der Waals surface area contributed by atoms with Crippen LogP contribution < -0.4 is 0 Å². The van der Waals surface area contributed by atoms with Crippen molar-refractivity contribution in [1.29, 1.82) is 0 Å². The van der Waals surface area contributed by atoms with Crippen LogP contribution in [0.1, 0.15) is 23.0 Å². The highest BCUT2D eigenvalue weighted by Crippen LogP contribution is 2.36. The molecule has 1 unspecified atom stereocenters. The molecule has 1 saturated heterocycles. The molecule has 0 aliphatic carbocycles. The van der Waals surface area contributed by atoms with E-state index in [1.807, 2.05) is 17.5 Å². The van der Waals surface area contributed by atoms with Gasteiger partial charge in [-0.1, -0.05) is 6.07 Å². The number of hydrogen-bond acceptors (Lipinski definition) is 3. The van der Waals surface area contributed by atoms with Gasteiger partial charge in [-0.3, -0.25) is 0 Å². The van der Waals surface area contributed by atoms with Gasteiger partial charge in [0.25, 0.3) is 0 Å². The van der Waals surface area contributed by atoms with E-state index in [0.717, 1.165) is 17.7 Å². The topological polar surface area (TPSA) is 34.1 Å². The minimum absolute atomic E-state index is 0.197. The summed E-state index contributed by atoms with van der Waals surface area (Å²) in [5, 5.41) is 1.74. The fraction of sp³-hybridized carbons (Fsp3) is 0.500. The van der Waals surface area contributed by atoms with Gasteiger partial charge >= 0.3 is 0 Å². The SMILES string of the molecule is O=S1(=O)CCCC1c1cccs1. The van der Waals surface area contributed by atoms with E-state index in [1.165, 1.54) is 0 Å². The first-order chi connectivity index (χ1) is 5.70. The first kappa shape index (κ1) is 8.26. The standard InChI is InChI=1S/C8H10O2S2/c9-12(10)6-2-4-8(12)7-3-1-5-11-7/h1,3,5,8H,2,4,6H2. The average molecular weight is 202 g/mol. The van der Waals surface area contributed by atoms with Crippen molar-refractivity contribution in [3.05, 3.63) is 22.4 Å². The minimum Gasteiger partial charge on any atom is -0.228 e. The number of sulfone groups is 1. The molecular formula is C8H10O2S2. The zero-order valence-corrected chi connectivity index (χ0v) is 8.20. The number of thiophene rings is 1. The zero-order chi connectivity index (χ0) is 8.60. The second kappa shape index (κ2) is 2.85. The second-order valence-electron chi connectivity index (χ2n) is 3.01. The van der Waals surface area contributed by atoms with E-state index >= 15 is 0 Å². The largest absolute Gasteiger partial charge is 0.228 e. The quantitative estimate of drug-likeness (QED) is 0.698. The number of rotatable bonds is 1. The van der Waals surface area contributed by atoms with Crippen LogP contribution in [0.5, 0.6) is 0 Å². The van der Waals surface area contributed by atoms with Crippen LogP contribution in [0.25, 0.3) is 0 Å². The molecule has 1 aliphatic rings. The predicted octanol–water partition coefficient (Wildman–Crippen LogP) is 2.00. The first-order valence-corrected chi connectivity index (χ1v) is 6.54. The van der Waals surface area contributed by atoms with Gasteiger partial charge in [0, 0.05) is 4.88 Å². The van der Waals surface area contributed by atoms with Crippen LogP contribution in [0.3, 0.4) is 0 Å². The molecule has 1 aromatic heterocycles. The Balaban J connectivity index is 2.37. The summed E-state index contributed by atoms with van der Waals surface area (Å²) in [6.45, 7) is 0. The Morgan fingerprint density at radius 1 is 1.50 bits per heavy atom. The Hall–Kier alpha value is -0.350. The molecule has 2 nitrogen and oxygen atoms in total. The van der Waals surface area contributed by atoms with Gasteiger partial charge in [-0.15, -0.1) is 11.3 Å². The van der Waals surface area contributed by atoms with Crippen molar-refractivity contribution in [2.45, 2.75) is 18.1 Å². The van der Waals surface area contributed by atoms with E-state index in [4.69, 9.17) is 0 Å². The third kappa shape index (κ3) is 1.29. The van der Waals surface area contributed by atoms with Gasteiger partial charge in [-0.2, -0.15) is 0 Å². The second-order valence-corrected chi connectivity index (χ2v) is 6.30.